The van der Waals surface area contributed by atoms with Crippen molar-refractivity contribution in [2.24, 2.45) is 29.6 Å². The van der Waals surface area contributed by atoms with Crippen molar-refractivity contribution < 1.29 is 24.2 Å². The summed E-state index contributed by atoms with van der Waals surface area (Å²) in [6.45, 7) is 14.6. The number of esters is 2. The molecule has 0 aromatic carbocycles. The summed E-state index contributed by atoms with van der Waals surface area (Å²) in [6, 6.07) is 0. The average molecular weight is 547 g/mol. The van der Waals surface area contributed by atoms with Gasteiger partial charge in [0.05, 0.1) is 24.4 Å². The molecule has 5 heteroatoms. The predicted molar refractivity (Wildman–Crippen MR) is 159 cm³/mol. The second-order valence-corrected chi connectivity index (χ2v) is 13.3. The van der Waals surface area contributed by atoms with Gasteiger partial charge in [-0.3, -0.25) is 0 Å². The summed E-state index contributed by atoms with van der Waals surface area (Å²) in [5, 5.41) is 10.0. The van der Waals surface area contributed by atoms with Gasteiger partial charge in [-0.1, -0.05) is 110 Å². The number of carbonyl (C=O) groups is 2. The van der Waals surface area contributed by atoms with Crippen LogP contribution >= 0.6 is 0 Å². The summed E-state index contributed by atoms with van der Waals surface area (Å²) in [7, 11) is 0. The van der Waals surface area contributed by atoms with Crippen LogP contribution in [0.5, 0.6) is 0 Å². The van der Waals surface area contributed by atoms with Crippen LogP contribution in [0.25, 0.3) is 0 Å². The number of rotatable bonds is 17. The fraction of sp³-hybridized carbons (Fsp3) is 0.824. The lowest BCUT2D eigenvalue weighted by atomic mass is 9.74. The Morgan fingerprint density at radius 1 is 0.769 bits per heavy atom. The van der Waals surface area contributed by atoms with Gasteiger partial charge in [-0.25, -0.2) is 9.59 Å². The topological polar surface area (TPSA) is 72.8 Å². The minimum absolute atomic E-state index is 0.0264. The number of aliphatic hydroxyl groups is 1. The van der Waals surface area contributed by atoms with E-state index in [4.69, 9.17) is 9.47 Å². The molecule has 1 unspecified atom stereocenters. The molecular formula is C34H58O5. The Balaban J connectivity index is 1.70. The first-order valence-corrected chi connectivity index (χ1v) is 15.9. The SMILES string of the molecule is C=C(C)C(=O)OCC(CCC1CCC(CCC2CCC(CCCCC)CC2)CC1)COC(=O)C(=C)C(C)(C)O. The van der Waals surface area contributed by atoms with E-state index < -0.39 is 17.5 Å². The third kappa shape index (κ3) is 13.1. The van der Waals surface area contributed by atoms with E-state index in [1.165, 1.54) is 104 Å². The molecule has 39 heavy (non-hydrogen) atoms. The quantitative estimate of drug-likeness (QED) is 0.113. The number of hydrogen-bond donors (Lipinski definition) is 1. The van der Waals surface area contributed by atoms with Gasteiger partial charge in [0.25, 0.3) is 0 Å². The van der Waals surface area contributed by atoms with E-state index in [1.54, 1.807) is 6.92 Å². The summed E-state index contributed by atoms with van der Waals surface area (Å²) >= 11 is 0. The normalized spacial score (nSPS) is 24.5. The molecular weight excluding hydrogens is 488 g/mol. The highest BCUT2D eigenvalue weighted by molar-refractivity contribution is 5.89. The van der Waals surface area contributed by atoms with Gasteiger partial charge >= 0.3 is 11.9 Å². The van der Waals surface area contributed by atoms with Gasteiger partial charge in [0.1, 0.15) is 0 Å². The number of carbonyl (C=O) groups excluding carboxylic acids is 2. The minimum Gasteiger partial charge on any atom is -0.462 e. The molecule has 2 aliphatic rings. The van der Waals surface area contributed by atoms with Crippen LogP contribution in [0.3, 0.4) is 0 Å². The molecule has 0 heterocycles. The standard InChI is InChI=1S/C34H58O5/c1-7-8-9-10-27-11-13-28(14-12-27)15-16-29-17-19-30(20-18-29)21-22-31(23-38-32(35)25(2)3)24-39-33(36)26(4)34(5,6)37/h27-31,37H,2,4,7-24H2,1,3,5-6H3. The zero-order valence-corrected chi connectivity index (χ0v) is 25.6. The molecule has 0 spiro atoms. The van der Waals surface area contributed by atoms with Gasteiger partial charge in [-0.05, 0) is 57.3 Å². The van der Waals surface area contributed by atoms with Crippen LogP contribution in [0.2, 0.25) is 0 Å². The molecule has 5 nitrogen and oxygen atoms in total. The van der Waals surface area contributed by atoms with Gasteiger partial charge in [-0.15, -0.1) is 0 Å². The van der Waals surface area contributed by atoms with Crippen LogP contribution in [0.15, 0.2) is 24.3 Å². The highest BCUT2D eigenvalue weighted by Gasteiger charge is 2.28. The summed E-state index contributed by atoms with van der Waals surface area (Å²) in [5.74, 6) is 2.41. The second-order valence-electron chi connectivity index (χ2n) is 13.3. The van der Waals surface area contributed by atoms with E-state index in [-0.39, 0.29) is 24.7 Å². The molecule has 2 fully saturated rings. The first kappa shape index (κ1) is 33.6. The summed E-state index contributed by atoms with van der Waals surface area (Å²) in [4.78, 5) is 24.3. The number of unbranched alkanes of at least 4 members (excludes halogenated alkanes) is 2. The molecule has 224 valence electrons. The van der Waals surface area contributed by atoms with E-state index in [9.17, 15) is 14.7 Å². The van der Waals surface area contributed by atoms with E-state index in [1.807, 2.05) is 0 Å². The molecule has 1 N–H and O–H groups in total. The Bertz CT molecular complexity index is 763. The zero-order valence-electron chi connectivity index (χ0n) is 25.6. The maximum Gasteiger partial charge on any atom is 0.336 e. The summed E-state index contributed by atoms with van der Waals surface area (Å²) < 4.78 is 10.9. The number of ether oxygens (including phenoxy) is 2. The van der Waals surface area contributed by atoms with Gasteiger partial charge in [0, 0.05) is 11.5 Å². The van der Waals surface area contributed by atoms with Crippen molar-refractivity contribution in [2.45, 2.75) is 136 Å². The first-order chi connectivity index (χ1) is 18.5. The van der Waals surface area contributed by atoms with Gasteiger partial charge in [-0.2, -0.15) is 0 Å². The van der Waals surface area contributed by atoms with Crippen LogP contribution in [-0.4, -0.2) is 35.9 Å². The molecule has 0 aromatic heterocycles. The third-order valence-corrected chi connectivity index (χ3v) is 9.35. The van der Waals surface area contributed by atoms with Crippen LogP contribution in [-0.2, 0) is 19.1 Å². The zero-order chi connectivity index (χ0) is 28.8. The molecule has 0 aromatic rings. The smallest absolute Gasteiger partial charge is 0.336 e. The van der Waals surface area contributed by atoms with Crippen molar-refractivity contribution in [1.82, 2.24) is 0 Å². The van der Waals surface area contributed by atoms with E-state index >= 15 is 0 Å². The van der Waals surface area contributed by atoms with Crippen LogP contribution in [0.1, 0.15) is 130 Å². The number of hydrogen-bond acceptors (Lipinski definition) is 5. The molecule has 0 saturated heterocycles. The molecule has 0 amide bonds. The molecule has 0 aliphatic heterocycles. The summed E-state index contributed by atoms with van der Waals surface area (Å²) in [5.41, 5.74) is -0.941. The second kappa shape index (κ2) is 17.3. The van der Waals surface area contributed by atoms with Crippen molar-refractivity contribution in [1.29, 1.82) is 0 Å². The molecule has 2 rings (SSSR count). The van der Waals surface area contributed by atoms with E-state index in [0.29, 0.717) is 11.5 Å². The predicted octanol–water partition coefficient (Wildman–Crippen LogP) is 8.35. The lowest BCUT2D eigenvalue weighted by Gasteiger charge is -2.32. The average Bonchev–Trinajstić information content (AvgIpc) is 2.91. The van der Waals surface area contributed by atoms with Crippen molar-refractivity contribution in [3.63, 3.8) is 0 Å². The lowest BCUT2D eigenvalue weighted by Crippen LogP contribution is -2.30. The lowest BCUT2D eigenvalue weighted by molar-refractivity contribution is -0.145. The van der Waals surface area contributed by atoms with Crippen molar-refractivity contribution >= 4 is 11.9 Å². The fourth-order valence-corrected chi connectivity index (χ4v) is 6.31. The maximum absolute atomic E-state index is 12.3. The molecule has 0 bridgehead atoms. The molecule has 2 saturated carbocycles. The van der Waals surface area contributed by atoms with Crippen LogP contribution in [0, 0.1) is 29.6 Å². The Hall–Kier alpha value is -1.62. The molecule has 1 atom stereocenters. The Kier molecular flexibility index (Phi) is 14.9. The Morgan fingerprint density at radius 3 is 1.64 bits per heavy atom. The highest BCUT2D eigenvalue weighted by Crippen LogP contribution is 2.39. The van der Waals surface area contributed by atoms with Crippen LogP contribution in [0.4, 0.5) is 0 Å². The van der Waals surface area contributed by atoms with Crippen molar-refractivity contribution in [3.05, 3.63) is 24.3 Å². The van der Waals surface area contributed by atoms with Crippen LogP contribution < -0.4 is 0 Å². The maximum atomic E-state index is 12.3. The highest BCUT2D eigenvalue weighted by atomic mass is 16.5. The van der Waals surface area contributed by atoms with E-state index in [2.05, 4.69) is 20.1 Å². The van der Waals surface area contributed by atoms with Crippen molar-refractivity contribution in [2.75, 3.05) is 13.2 Å². The Labute approximate surface area is 239 Å². The van der Waals surface area contributed by atoms with Gasteiger partial charge < -0.3 is 14.6 Å². The third-order valence-electron chi connectivity index (χ3n) is 9.35. The first-order valence-electron chi connectivity index (χ1n) is 15.9. The molecule has 0 radical (unpaired) electrons. The monoisotopic (exact) mass is 546 g/mol. The minimum atomic E-state index is -1.33. The van der Waals surface area contributed by atoms with E-state index in [0.717, 1.165) is 30.6 Å². The largest absolute Gasteiger partial charge is 0.462 e. The Morgan fingerprint density at radius 2 is 1.21 bits per heavy atom. The van der Waals surface area contributed by atoms with Gasteiger partial charge in [0.15, 0.2) is 0 Å². The van der Waals surface area contributed by atoms with Gasteiger partial charge in [0.2, 0.25) is 0 Å². The van der Waals surface area contributed by atoms with Crippen molar-refractivity contribution in [3.8, 4) is 0 Å². The fourth-order valence-electron chi connectivity index (χ4n) is 6.31. The summed E-state index contributed by atoms with van der Waals surface area (Å²) in [6.07, 6.45) is 21.4. The molecule has 2 aliphatic carbocycles.